The Morgan fingerprint density at radius 2 is 1.88 bits per heavy atom. The number of nitrogens with zero attached hydrogens (tertiary/aromatic N) is 1. The first-order chi connectivity index (χ1) is 7.74. The maximum atomic E-state index is 3.57. The predicted molar refractivity (Wildman–Crippen MR) is 71.9 cm³/mol. The molecule has 1 rings (SSSR count). The van der Waals surface area contributed by atoms with E-state index in [4.69, 9.17) is 0 Å². The van der Waals surface area contributed by atoms with Gasteiger partial charge in [-0.2, -0.15) is 0 Å². The molecule has 0 radical (unpaired) electrons. The summed E-state index contributed by atoms with van der Waals surface area (Å²) >= 11 is 0. The molecule has 2 unspecified atom stereocenters. The molecule has 0 aliphatic carbocycles. The Labute approximate surface area is 102 Å². The van der Waals surface area contributed by atoms with Crippen LogP contribution in [0.3, 0.4) is 0 Å². The lowest BCUT2D eigenvalue weighted by atomic mass is 10.1. The van der Waals surface area contributed by atoms with Crippen molar-refractivity contribution in [3.8, 4) is 0 Å². The molecular weight excluding hydrogens is 196 g/mol. The normalized spacial score (nSPS) is 27.9. The number of hydrogen-bond donors (Lipinski definition) is 1. The Balaban J connectivity index is 2.17. The third kappa shape index (κ3) is 5.31. The quantitative estimate of drug-likeness (QED) is 0.700. The molecule has 1 aliphatic rings. The van der Waals surface area contributed by atoms with Crippen molar-refractivity contribution in [3.63, 3.8) is 0 Å². The largest absolute Gasteiger partial charge is 0.313 e. The Morgan fingerprint density at radius 3 is 2.62 bits per heavy atom. The van der Waals surface area contributed by atoms with Crippen molar-refractivity contribution in [2.45, 2.75) is 71.4 Å². The molecule has 0 aromatic carbocycles. The van der Waals surface area contributed by atoms with Crippen molar-refractivity contribution in [3.05, 3.63) is 0 Å². The fraction of sp³-hybridized carbons (Fsp3) is 1.00. The summed E-state index contributed by atoms with van der Waals surface area (Å²) in [4.78, 5) is 2.68. The van der Waals surface area contributed by atoms with Gasteiger partial charge in [-0.1, -0.05) is 32.6 Å². The zero-order valence-corrected chi connectivity index (χ0v) is 11.5. The first kappa shape index (κ1) is 14.0. The second-order valence-electron chi connectivity index (χ2n) is 5.40. The Kier molecular flexibility index (Phi) is 7.06. The summed E-state index contributed by atoms with van der Waals surface area (Å²) in [5.74, 6) is 0. The van der Waals surface area contributed by atoms with Gasteiger partial charge in [0.2, 0.25) is 0 Å². The second kappa shape index (κ2) is 8.08. The Morgan fingerprint density at radius 1 is 1.12 bits per heavy atom. The van der Waals surface area contributed by atoms with Gasteiger partial charge < -0.3 is 5.32 Å². The van der Waals surface area contributed by atoms with Crippen molar-refractivity contribution in [2.75, 3.05) is 19.6 Å². The topological polar surface area (TPSA) is 15.3 Å². The summed E-state index contributed by atoms with van der Waals surface area (Å²) in [6, 6.07) is 1.43. The van der Waals surface area contributed by atoms with Crippen LogP contribution in [0.2, 0.25) is 0 Å². The summed E-state index contributed by atoms with van der Waals surface area (Å²) in [6.45, 7) is 10.7. The maximum absolute atomic E-state index is 3.57. The fourth-order valence-corrected chi connectivity index (χ4v) is 2.55. The summed E-state index contributed by atoms with van der Waals surface area (Å²) in [7, 11) is 0. The van der Waals surface area contributed by atoms with Gasteiger partial charge in [0.15, 0.2) is 0 Å². The van der Waals surface area contributed by atoms with E-state index in [9.17, 15) is 0 Å². The van der Waals surface area contributed by atoms with Crippen LogP contribution in [-0.4, -0.2) is 36.6 Å². The van der Waals surface area contributed by atoms with Crippen LogP contribution in [0.25, 0.3) is 0 Å². The molecule has 0 saturated carbocycles. The van der Waals surface area contributed by atoms with E-state index in [0.29, 0.717) is 6.04 Å². The lowest BCUT2D eigenvalue weighted by molar-refractivity contribution is 0.203. The number of unbranched alkanes of at least 4 members (excludes halogenated alkanes) is 4. The standard InChI is InChI=1S/C14H30N2/c1-4-5-6-7-8-11-16-12-13(2)15-10-9-14(16)3/h13-15H,4-12H2,1-3H3. The molecule has 96 valence electrons. The van der Waals surface area contributed by atoms with Crippen LogP contribution in [0, 0.1) is 0 Å². The van der Waals surface area contributed by atoms with Crippen LogP contribution in [0.5, 0.6) is 0 Å². The number of nitrogens with one attached hydrogen (secondary N) is 1. The fourth-order valence-electron chi connectivity index (χ4n) is 2.55. The number of rotatable bonds is 6. The van der Waals surface area contributed by atoms with Gasteiger partial charge in [-0.3, -0.25) is 4.90 Å². The molecular formula is C14H30N2. The van der Waals surface area contributed by atoms with E-state index in [1.165, 1.54) is 58.2 Å². The van der Waals surface area contributed by atoms with Crippen LogP contribution < -0.4 is 5.32 Å². The Bertz CT molecular complexity index is 170. The summed E-state index contributed by atoms with van der Waals surface area (Å²) in [5, 5.41) is 3.57. The first-order valence-corrected chi connectivity index (χ1v) is 7.21. The lowest BCUT2D eigenvalue weighted by Gasteiger charge is -2.28. The average molecular weight is 226 g/mol. The minimum Gasteiger partial charge on any atom is -0.313 e. The molecule has 0 aromatic rings. The third-order valence-electron chi connectivity index (χ3n) is 3.74. The zero-order valence-electron chi connectivity index (χ0n) is 11.5. The second-order valence-corrected chi connectivity index (χ2v) is 5.40. The average Bonchev–Trinajstić information content (AvgIpc) is 2.41. The van der Waals surface area contributed by atoms with Crippen molar-refractivity contribution in [2.24, 2.45) is 0 Å². The van der Waals surface area contributed by atoms with Gasteiger partial charge >= 0.3 is 0 Å². The predicted octanol–water partition coefficient (Wildman–Crippen LogP) is 3.03. The molecule has 1 heterocycles. The van der Waals surface area contributed by atoms with Gasteiger partial charge in [-0.05, 0) is 39.8 Å². The van der Waals surface area contributed by atoms with Gasteiger partial charge in [0.05, 0.1) is 0 Å². The van der Waals surface area contributed by atoms with E-state index in [1.54, 1.807) is 0 Å². The van der Waals surface area contributed by atoms with Crippen molar-refractivity contribution in [1.82, 2.24) is 10.2 Å². The van der Waals surface area contributed by atoms with Crippen molar-refractivity contribution >= 4 is 0 Å². The minimum atomic E-state index is 0.667. The van der Waals surface area contributed by atoms with Gasteiger partial charge in [-0.15, -0.1) is 0 Å². The minimum absolute atomic E-state index is 0.667. The first-order valence-electron chi connectivity index (χ1n) is 7.21. The summed E-state index contributed by atoms with van der Waals surface area (Å²) in [5.41, 5.74) is 0. The molecule has 0 aromatic heterocycles. The maximum Gasteiger partial charge on any atom is 0.0166 e. The van der Waals surface area contributed by atoms with E-state index in [-0.39, 0.29) is 0 Å². The molecule has 2 atom stereocenters. The molecule has 1 N–H and O–H groups in total. The van der Waals surface area contributed by atoms with Crippen LogP contribution >= 0.6 is 0 Å². The molecule has 1 saturated heterocycles. The van der Waals surface area contributed by atoms with Crippen molar-refractivity contribution in [1.29, 1.82) is 0 Å². The molecule has 16 heavy (non-hydrogen) atoms. The molecule has 1 fully saturated rings. The van der Waals surface area contributed by atoms with Gasteiger partial charge in [0, 0.05) is 18.6 Å². The van der Waals surface area contributed by atoms with E-state index < -0.39 is 0 Å². The van der Waals surface area contributed by atoms with Crippen LogP contribution in [0.15, 0.2) is 0 Å². The highest BCUT2D eigenvalue weighted by Gasteiger charge is 2.19. The van der Waals surface area contributed by atoms with Crippen LogP contribution in [-0.2, 0) is 0 Å². The van der Waals surface area contributed by atoms with Crippen LogP contribution in [0.4, 0.5) is 0 Å². The molecule has 0 bridgehead atoms. The number of hydrogen-bond acceptors (Lipinski definition) is 2. The summed E-state index contributed by atoms with van der Waals surface area (Å²) in [6.07, 6.45) is 8.29. The monoisotopic (exact) mass is 226 g/mol. The van der Waals surface area contributed by atoms with E-state index in [1.807, 2.05) is 0 Å². The van der Waals surface area contributed by atoms with Gasteiger partial charge in [0.25, 0.3) is 0 Å². The van der Waals surface area contributed by atoms with Crippen LogP contribution in [0.1, 0.15) is 59.3 Å². The van der Waals surface area contributed by atoms with E-state index in [0.717, 1.165) is 6.04 Å². The van der Waals surface area contributed by atoms with Crippen molar-refractivity contribution < 1.29 is 0 Å². The molecule has 1 aliphatic heterocycles. The van der Waals surface area contributed by atoms with E-state index in [2.05, 4.69) is 31.0 Å². The SMILES string of the molecule is CCCCCCCN1CC(C)NCCC1C. The molecule has 0 amide bonds. The highest BCUT2D eigenvalue weighted by Crippen LogP contribution is 2.11. The highest BCUT2D eigenvalue weighted by atomic mass is 15.2. The molecule has 2 heteroatoms. The molecule has 2 nitrogen and oxygen atoms in total. The smallest absolute Gasteiger partial charge is 0.0166 e. The zero-order chi connectivity index (χ0) is 11.8. The van der Waals surface area contributed by atoms with Gasteiger partial charge in [0.1, 0.15) is 0 Å². The lowest BCUT2D eigenvalue weighted by Crippen LogP contribution is -2.39. The van der Waals surface area contributed by atoms with E-state index >= 15 is 0 Å². The molecule has 0 spiro atoms. The summed E-state index contributed by atoms with van der Waals surface area (Å²) < 4.78 is 0. The highest BCUT2D eigenvalue weighted by molar-refractivity contribution is 4.78. The van der Waals surface area contributed by atoms with Gasteiger partial charge in [-0.25, -0.2) is 0 Å². The Hall–Kier alpha value is -0.0800. The third-order valence-corrected chi connectivity index (χ3v) is 3.74.